The molecule has 1 aliphatic rings. The average Bonchev–Trinajstić information content (AvgIpc) is 3.26. The molecule has 0 amide bonds. The van der Waals surface area contributed by atoms with Crippen molar-refractivity contribution in [3.63, 3.8) is 0 Å². The molecule has 1 atom stereocenters. The van der Waals surface area contributed by atoms with Gasteiger partial charge in [-0.15, -0.1) is 11.3 Å². The molecule has 0 bridgehead atoms. The number of aromatic nitrogens is 2. The molecule has 9 heteroatoms. The molecule has 0 spiro atoms. The van der Waals surface area contributed by atoms with E-state index < -0.39 is 17.1 Å². The van der Waals surface area contributed by atoms with Crippen LogP contribution in [0.5, 0.6) is 5.88 Å². The Hall–Kier alpha value is -2.84. The maximum absolute atomic E-state index is 12.3. The number of aromatic amines is 1. The molecule has 0 radical (unpaired) electrons. The summed E-state index contributed by atoms with van der Waals surface area (Å²) in [6.45, 7) is 0. The third kappa shape index (κ3) is 2.83. The Labute approximate surface area is 156 Å². The third-order valence-corrected chi connectivity index (χ3v) is 5.30. The molecule has 1 aliphatic heterocycles. The number of nitrogens with one attached hydrogen (secondary N) is 2. The van der Waals surface area contributed by atoms with Crippen molar-refractivity contribution in [3.8, 4) is 11.6 Å². The number of thiophene rings is 1. The van der Waals surface area contributed by atoms with E-state index in [9.17, 15) is 14.7 Å². The van der Waals surface area contributed by atoms with Crippen LogP contribution in [0.3, 0.4) is 0 Å². The highest BCUT2D eigenvalue weighted by Crippen LogP contribution is 2.29. The number of benzene rings is 1. The van der Waals surface area contributed by atoms with E-state index >= 15 is 0 Å². The molecule has 0 saturated carbocycles. The molecule has 26 heavy (non-hydrogen) atoms. The van der Waals surface area contributed by atoms with Crippen LogP contribution in [0.25, 0.3) is 5.69 Å². The van der Waals surface area contributed by atoms with E-state index in [1.54, 1.807) is 29.5 Å². The maximum Gasteiger partial charge on any atom is 0.335 e. The molecule has 0 unspecified atom stereocenters. The van der Waals surface area contributed by atoms with Crippen molar-refractivity contribution in [2.75, 3.05) is 0 Å². The lowest BCUT2D eigenvalue weighted by Gasteiger charge is -2.11. The minimum absolute atomic E-state index is 0.0314. The number of hydrogen-bond donors (Lipinski definition) is 3. The van der Waals surface area contributed by atoms with Crippen molar-refractivity contribution < 1.29 is 5.11 Å². The monoisotopic (exact) mass is 388 g/mol. The zero-order valence-corrected chi connectivity index (χ0v) is 14.8. The van der Waals surface area contributed by atoms with Crippen LogP contribution in [0.2, 0.25) is 5.02 Å². The molecule has 0 aliphatic carbocycles. The van der Waals surface area contributed by atoms with Gasteiger partial charge in [0.1, 0.15) is 5.56 Å². The predicted molar refractivity (Wildman–Crippen MR) is 101 cm³/mol. The zero-order chi connectivity index (χ0) is 18.3. The molecule has 132 valence electrons. The van der Waals surface area contributed by atoms with Gasteiger partial charge in [0.2, 0.25) is 5.88 Å². The van der Waals surface area contributed by atoms with Crippen molar-refractivity contribution in [2.24, 2.45) is 5.10 Å². The van der Waals surface area contributed by atoms with E-state index in [0.29, 0.717) is 22.8 Å². The molecule has 3 heterocycles. The number of H-pyrrole nitrogens is 1. The molecule has 0 saturated heterocycles. The van der Waals surface area contributed by atoms with Crippen LogP contribution in [0.4, 0.5) is 0 Å². The Kier molecular flexibility index (Phi) is 4.14. The second kappa shape index (κ2) is 6.47. The Bertz CT molecular complexity index is 1120. The van der Waals surface area contributed by atoms with E-state index in [1.807, 2.05) is 17.5 Å². The number of halogens is 1. The van der Waals surface area contributed by atoms with Crippen molar-refractivity contribution in [1.29, 1.82) is 0 Å². The van der Waals surface area contributed by atoms with E-state index in [4.69, 9.17) is 11.6 Å². The van der Waals surface area contributed by atoms with Crippen LogP contribution in [-0.2, 0) is 0 Å². The number of aromatic hydroxyl groups is 1. The van der Waals surface area contributed by atoms with Gasteiger partial charge < -0.3 is 10.5 Å². The smallest absolute Gasteiger partial charge is 0.335 e. The third-order valence-electron chi connectivity index (χ3n) is 4.08. The molecule has 4 rings (SSSR count). The average molecular weight is 389 g/mol. The quantitative estimate of drug-likeness (QED) is 0.641. The van der Waals surface area contributed by atoms with Crippen molar-refractivity contribution >= 4 is 28.6 Å². The Morgan fingerprint density at radius 1 is 1.27 bits per heavy atom. The van der Waals surface area contributed by atoms with Gasteiger partial charge in [-0.05, 0) is 29.6 Å². The van der Waals surface area contributed by atoms with Gasteiger partial charge in [-0.1, -0.05) is 23.7 Å². The summed E-state index contributed by atoms with van der Waals surface area (Å²) in [5.41, 5.74) is 2.24. The predicted octanol–water partition coefficient (Wildman–Crippen LogP) is 2.39. The van der Waals surface area contributed by atoms with Crippen molar-refractivity contribution in [1.82, 2.24) is 15.0 Å². The topological polar surface area (TPSA) is 99.5 Å². The largest absolute Gasteiger partial charge is 0.493 e. The first kappa shape index (κ1) is 16.6. The van der Waals surface area contributed by atoms with E-state index in [1.165, 1.54) is 6.07 Å². The highest BCUT2D eigenvalue weighted by atomic mass is 35.5. The van der Waals surface area contributed by atoms with Crippen LogP contribution in [-0.4, -0.2) is 20.4 Å². The van der Waals surface area contributed by atoms with Gasteiger partial charge in [0.05, 0.1) is 17.4 Å². The minimum atomic E-state index is -0.750. The van der Waals surface area contributed by atoms with E-state index in [2.05, 4.69) is 15.5 Å². The standard InChI is InChI=1S/C17H13ClN4O3S/c18-9-3-1-4-10(7-9)22-16(24)14(15(23)19-17(22)25)12-8-11(20-21-12)13-5-2-6-26-13/h1-7,11,20,24H,8H2,(H,19,23,25)/t11-/m0/s1. The summed E-state index contributed by atoms with van der Waals surface area (Å²) in [7, 11) is 0. The van der Waals surface area contributed by atoms with Crippen LogP contribution >= 0.6 is 22.9 Å². The first-order valence-corrected chi connectivity index (χ1v) is 9.00. The first-order chi connectivity index (χ1) is 12.5. The van der Waals surface area contributed by atoms with Crippen LogP contribution < -0.4 is 16.7 Å². The normalized spacial score (nSPS) is 16.3. The van der Waals surface area contributed by atoms with Gasteiger partial charge in [0.15, 0.2) is 0 Å². The summed E-state index contributed by atoms with van der Waals surface area (Å²) in [4.78, 5) is 27.9. The fourth-order valence-corrected chi connectivity index (χ4v) is 3.85. The summed E-state index contributed by atoms with van der Waals surface area (Å²) in [6, 6.07) is 10.3. The molecule has 2 aromatic heterocycles. The number of hydrazone groups is 1. The first-order valence-electron chi connectivity index (χ1n) is 7.74. The number of hydrogen-bond acceptors (Lipinski definition) is 6. The fraction of sp³-hybridized carbons (Fsp3) is 0.118. The molecular formula is C17H13ClN4O3S. The molecule has 7 nitrogen and oxygen atoms in total. The Balaban J connectivity index is 1.80. The van der Waals surface area contributed by atoms with Gasteiger partial charge >= 0.3 is 5.69 Å². The number of nitrogens with zero attached hydrogens (tertiary/aromatic N) is 2. The Morgan fingerprint density at radius 3 is 2.85 bits per heavy atom. The van der Waals surface area contributed by atoms with Crippen molar-refractivity contribution in [2.45, 2.75) is 12.5 Å². The molecule has 1 aromatic carbocycles. The molecular weight excluding hydrogens is 376 g/mol. The maximum atomic E-state index is 12.3. The van der Waals surface area contributed by atoms with Gasteiger partial charge in [-0.2, -0.15) is 5.10 Å². The second-order valence-electron chi connectivity index (χ2n) is 5.73. The van der Waals surface area contributed by atoms with Gasteiger partial charge in [-0.3, -0.25) is 9.78 Å². The highest BCUT2D eigenvalue weighted by Gasteiger charge is 2.28. The SMILES string of the molecule is O=c1[nH]c(=O)n(-c2cccc(Cl)c2)c(O)c1C1=NN[C@H](c2cccs2)C1. The lowest BCUT2D eigenvalue weighted by molar-refractivity contribution is 0.429. The van der Waals surface area contributed by atoms with E-state index in [-0.39, 0.29) is 11.6 Å². The molecule has 3 aromatic rings. The molecule has 0 fully saturated rings. The number of rotatable bonds is 3. The summed E-state index contributed by atoms with van der Waals surface area (Å²) in [5.74, 6) is -0.464. The van der Waals surface area contributed by atoms with E-state index in [0.717, 1.165) is 9.44 Å². The van der Waals surface area contributed by atoms with Gasteiger partial charge in [0.25, 0.3) is 5.56 Å². The highest BCUT2D eigenvalue weighted by molar-refractivity contribution is 7.10. The van der Waals surface area contributed by atoms with Crippen LogP contribution in [0.15, 0.2) is 56.5 Å². The van der Waals surface area contributed by atoms with Gasteiger partial charge in [-0.25, -0.2) is 9.36 Å². The van der Waals surface area contributed by atoms with Crippen LogP contribution in [0, 0.1) is 0 Å². The lowest BCUT2D eigenvalue weighted by atomic mass is 10.1. The molecule has 3 N–H and O–H groups in total. The summed E-state index contributed by atoms with van der Waals surface area (Å²) >= 11 is 7.55. The summed E-state index contributed by atoms with van der Waals surface area (Å²) in [5, 5.41) is 17.2. The summed E-state index contributed by atoms with van der Waals surface area (Å²) in [6.07, 6.45) is 0.422. The van der Waals surface area contributed by atoms with Crippen LogP contribution in [0.1, 0.15) is 22.9 Å². The second-order valence-corrected chi connectivity index (χ2v) is 7.15. The van der Waals surface area contributed by atoms with Gasteiger partial charge in [0, 0.05) is 16.3 Å². The zero-order valence-electron chi connectivity index (χ0n) is 13.3. The minimum Gasteiger partial charge on any atom is -0.493 e. The lowest BCUT2D eigenvalue weighted by Crippen LogP contribution is -2.33. The van der Waals surface area contributed by atoms with Crippen molar-refractivity contribution in [3.05, 3.63) is 78.1 Å². The summed E-state index contributed by atoms with van der Waals surface area (Å²) < 4.78 is 1.00. The fourth-order valence-electron chi connectivity index (χ4n) is 2.89. The Morgan fingerprint density at radius 2 is 2.12 bits per heavy atom.